The van der Waals surface area contributed by atoms with E-state index in [-0.39, 0.29) is 0 Å². The Morgan fingerprint density at radius 3 is 2.22 bits per heavy atom. The molecule has 7 aromatic carbocycles. The summed E-state index contributed by atoms with van der Waals surface area (Å²) in [4.78, 5) is 5.13. The summed E-state index contributed by atoms with van der Waals surface area (Å²) in [5.74, 6) is 1.71. The normalized spacial score (nSPS) is 16.5. The van der Waals surface area contributed by atoms with Crippen LogP contribution in [-0.2, 0) is 0 Å². The molecule has 2 unspecified atom stereocenters. The summed E-state index contributed by atoms with van der Waals surface area (Å²) in [6.07, 6.45) is 13.7. The van der Waals surface area contributed by atoms with Gasteiger partial charge in [-0.3, -0.25) is 4.57 Å². The maximum absolute atomic E-state index is 6.81. The number of imidazole rings is 1. The lowest BCUT2D eigenvalue weighted by molar-refractivity contribution is 0.585. The maximum Gasteiger partial charge on any atom is 0.145 e. The summed E-state index contributed by atoms with van der Waals surface area (Å²) in [6, 6.07) is 54.2. The van der Waals surface area contributed by atoms with Gasteiger partial charge in [0.2, 0.25) is 0 Å². The van der Waals surface area contributed by atoms with Gasteiger partial charge in [-0.25, -0.2) is 4.98 Å². The van der Waals surface area contributed by atoms with E-state index in [0.717, 1.165) is 61.2 Å². The van der Waals surface area contributed by atoms with E-state index in [4.69, 9.17) is 9.40 Å². The van der Waals surface area contributed by atoms with Gasteiger partial charge in [-0.1, -0.05) is 140 Å². The van der Waals surface area contributed by atoms with Crippen molar-refractivity contribution in [2.24, 2.45) is 11.8 Å². The van der Waals surface area contributed by atoms with Crippen LogP contribution in [0, 0.1) is 11.8 Å². The van der Waals surface area contributed by atoms with Crippen LogP contribution >= 0.6 is 0 Å². The van der Waals surface area contributed by atoms with Gasteiger partial charge in [0, 0.05) is 33.5 Å². The lowest BCUT2D eigenvalue weighted by Crippen LogP contribution is -2.14. The molecule has 0 bridgehead atoms. The number of fused-ring (bicyclic) bond motifs is 6. The van der Waals surface area contributed by atoms with Crippen LogP contribution in [-0.4, -0.2) is 9.55 Å². The van der Waals surface area contributed by atoms with Crippen LogP contribution in [0.3, 0.4) is 0 Å². The fourth-order valence-corrected chi connectivity index (χ4v) is 8.65. The van der Waals surface area contributed by atoms with E-state index >= 15 is 0 Å². The second-order valence-electron chi connectivity index (χ2n) is 14.8. The molecular weight excluding hydrogens is 669 g/mol. The molecule has 0 N–H and O–H groups in total. The average molecular weight is 705 g/mol. The zero-order chi connectivity index (χ0) is 36.5. The van der Waals surface area contributed by atoms with Gasteiger partial charge in [0.1, 0.15) is 17.0 Å². The molecule has 0 fully saturated rings. The first-order valence-corrected chi connectivity index (χ1v) is 19.1. The Kier molecular flexibility index (Phi) is 7.21. The lowest BCUT2D eigenvalue weighted by Gasteiger charge is -2.27. The van der Waals surface area contributed by atoms with E-state index in [1.165, 1.54) is 38.6 Å². The molecule has 0 radical (unpaired) electrons. The predicted molar refractivity (Wildman–Crippen MR) is 229 cm³/mol. The number of hydrogen-bond acceptors (Lipinski definition) is 2. The number of hydrogen-bond donors (Lipinski definition) is 0. The molecule has 9 aromatic rings. The number of nitrogens with zero attached hydrogens (tertiary/aromatic N) is 2. The number of furan rings is 1. The van der Waals surface area contributed by atoms with Crippen LogP contribution in [0.5, 0.6) is 0 Å². The second-order valence-corrected chi connectivity index (χ2v) is 14.8. The van der Waals surface area contributed by atoms with Gasteiger partial charge in [-0.2, -0.15) is 0 Å². The van der Waals surface area contributed by atoms with E-state index in [1.54, 1.807) is 0 Å². The molecule has 0 spiro atoms. The summed E-state index contributed by atoms with van der Waals surface area (Å²) < 4.78 is 9.06. The molecule has 2 heterocycles. The predicted octanol–water partition coefficient (Wildman–Crippen LogP) is 13.8. The highest BCUT2D eigenvalue weighted by molar-refractivity contribution is 6.12. The van der Waals surface area contributed by atoms with Crippen LogP contribution in [0.25, 0.3) is 88.6 Å². The van der Waals surface area contributed by atoms with Crippen LogP contribution in [0.15, 0.2) is 198 Å². The molecule has 55 heavy (non-hydrogen) atoms. The van der Waals surface area contributed by atoms with Crippen LogP contribution in [0.4, 0.5) is 0 Å². The minimum absolute atomic E-state index is 0.388. The van der Waals surface area contributed by atoms with Gasteiger partial charge in [0.25, 0.3) is 0 Å². The molecular formula is C52H36N2O. The third-order valence-corrected chi connectivity index (χ3v) is 11.5. The highest BCUT2D eigenvalue weighted by Gasteiger charge is 2.24. The van der Waals surface area contributed by atoms with Gasteiger partial charge in [-0.05, 0) is 105 Å². The van der Waals surface area contributed by atoms with Crippen molar-refractivity contribution in [1.29, 1.82) is 0 Å². The van der Waals surface area contributed by atoms with Crippen LogP contribution < -0.4 is 0 Å². The minimum atomic E-state index is 0.388. The number of rotatable bonds is 5. The number of allylic oxidation sites excluding steroid dienone is 8. The van der Waals surface area contributed by atoms with E-state index in [1.807, 2.05) is 6.07 Å². The summed E-state index contributed by atoms with van der Waals surface area (Å²) in [7, 11) is 0. The summed E-state index contributed by atoms with van der Waals surface area (Å²) in [5.41, 5.74) is 14.3. The van der Waals surface area contributed by atoms with Gasteiger partial charge >= 0.3 is 0 Å². The van der Waals surface area contributed by atoms with Crippen molar-refractivity contribution in [2.45, 2.75) is 6.92 Å². The molecule has 0 aliphatic heterocycles. The van der Waals surface area contributed by atoms with Gasteiger partial charge < -0.3 is 4.42 Å². The molecule has 3 nitrogen and oxygen atoms in total. The Balaban J connectivity index is 1.08. The van der Waals surface area contributed by atoms with Crippen molar-refractivity contribution < 1.29 is 4.42 Å². The third kappa shape index (κ3) is 5.31. The first-order chi connectivity index (χ1) is 27.1. The smallest absolute Gasteiger partial charge is 0.145 e. The monoisotopic (exact) mass is 704 g/mol. The fraction of sp³-hybridized carbons (Fsp3) is 0.0577. The summed E-state index contributed by atoms with van der Waals surface area (Å²) >= 11 is 0. The molecule has 260 valence electrons. The highest BCUT2D eigenvalue weighted by atomic mass is 16.3. The van der Waals surface area contributed by atoms with Crippen LogP contribution in [0.2, 0.25) is 0 Å². The van der Waals surface area contributed by atoms with Crippen molar-refractivity contribution in [3.05, 3.63) is 199 Å². The molecule has 3 heteroatoms. The molecule has 2 aliphatic carbocycles. The van der Waals surface area contributed by atoms with Crippen molar-refractivity contribution in [3.8, 4) is 39.3 Å². The Bertz CT molecular complexity index is 3100. The zero-order valence-electron chi connectivity index (χ0n) is 30.4. The van der Waals surface area contributed by atoms with E-state index in [0.29, 0.717) is 11.8 Å². The van der Waals surface area contributed by atoms with E-state index < -0.39 is 0 Å². The number of aromatic nitrogens is 2. The Morgan fingerprint density at radius 1 is 0.600 bits per heavy atom. The van der Waals surface area contributed by atoms with Gasteiger partial charge in [-0.15, -0.1) is 0 Å². The molecule has 11 rings (SSSR count). The van der Waals surface area contributed by atoms with Gasteiger partial charge in [0.15, 0.2) is 0 Å². The molecule has 0 saturated heterocycles. The number of benzene rings is 7. The highest BCUT2D eigenvalue weighted by Crippen LogP contribution is 2.43. The quantitative estimate of drug-likeness (QED) is 0.179. The van der Waals surface area contributed by atoms with Crippen molar-refractivity contribution >= 4 is 49.3 Å². The third-order valence-electron chi connectivity index (χ3n) is 11.5. The van der Waals surface area contributed by atoms with Crippen molar-refractivity contribution in [2.75, 3.05) is 0 Å². The molecule has 0 saturated carbocycles. The Hall–Kier alpha value is -6.97. The maximum atomic E-state index is 6.81. The molecule has 2 atom stereocenters. The number of para-hydroxylation sites is 3. The Labute approximate surface area is 319 Å². The largest absolute Gasteiger partial charge is 0.455 e. The molecule has 0 amide bonds. The van der Waals surface area contributed by atoms with Crippen molar-refractivity contribution in [3.63, 3.8) is 0 Å². The first kappa shape index (κ1) is 31.5. The second kappa shape index (κ2) is 12.6. The first-order valence-electron chi connectivity index (χ1n) is 19.1. The SMILES string of the molecule is CC1C=C(c2cc(-c3ccc(-c4nc5ccccc5n4-c4ccccc4)cc3)c3oc4ccc(-c5ccc6ccccc6c5)cc4c3c2)C=C2C=CC=CC21. The summed E-state index contributed by atoms with van der Waals surface area (Å²) in [5, 5.41) is 4.72. The minimum Gasteiger partial charge on any atom is -0.455 e. The van der Waals surface area contributed by atoms with E-state index in [2.05, 4.69) is 194 Å². The lowest BCUT2D eigenvalue weighted by atomic mass is 9.77. The Morgan fingerprint density at radius 2 is 1.33 bits per heavy atom. The topological polar surface area (TPSA) is 31.0 Å². The fourth-order valence-electron chi connectivity index (χ4n) is 8.65. The average Bonchev–Trinajstić information content (AvgIpc) is 3.82. The molecule has 2 aliphatic rings. The summed E-state index contributed by atoms with van der Waals surface area (Å²) in [6.45, 7) is 2.32. The van der Waals surface area contributed by atoms with Crippen molar-refractivity contribution in [1.82, 2.24) is 9.55 Å². The standard InChI is InChI=1S/C52H36N2O/c1-33-27-41(29-40-13-7-8-16-44(33)40)42-31-45(35-20-22-36(23-21-35)52-53-48-17-9-10-18-49(48)54(52)43-14-3-2-4-15-43)51-47(32-42)46-30-39(25-26-50(46)55-51)38-24-19-34-11-5-6-12-37(34)28-38/h2-33,44H,1H3. The van der Waals surface area contributed by atoms with E-state index in [9.17, 15) is 0 Å². The van der Waals surface area contributed by atoms with Gasteiger partial charge in [0.05, 0.1) is 11.0 Å². The zero-order valence-corrected chi connectivity index (χ0v) is 30.4. The molecule has 2 aromatic heterocycles. The van der Waals surface area contributed by atoms with Crippen LogP contribution in [0.1, 0.15) is 12.5 Å².